The lowest BCUT2D eigenvalue weighted by Crippen LogP contribution is -2.50. The van der Waals surface area contributed by atoms with E-state index in [2.05, 4.69) is 4.72 Å². The van der Waals surface area contributed by atoms with Crippen molar-refractivity contribution in [2.24, 2.45) is 0 Å². The van der Waals surface area contributed by atoms with Crippen molar-refractivity contribution in [2.45, 2.75) is 64.5 Å². The van der Waals surface area contributed by atoms with Gasteiger partial charge in [0, 0.05) is 18.6 Å². The van der Waals surface area contributed by atoms with Crippen molar-refractivity contribution >= 4 is 10.2 Å². The fourth-order valence-electron chi connectivity index (χ4n) is 2.10. The SMILES string of the molecule is CN(C1CCCCC1)S(=O)(=O)NC(C)(C)C. The summed E-state index contributed by atoms with van der Waals surface area (Å²) in [5, 5.41) is 0. The first-order chi connectivity index (χ1) is 7.22. The highest BCUT2D eigenvalue weighted by Gasteiger charge is 2.30. The molecule has 0 amide bonds. The maximum Gasteiger partial charge on any atom is 0.279 e. The van der Waals surface area contributed by atoms with Crippen LogP contribution in [0.15, 0.2) is 0 Å². The van der Waals surface area contributed by atoms with Gasteiger partial charge in [-0.05, 0) is 33.6 Å². The van der Waals surface area contributed by atoms with Gasteiger partial charge in [-0.15, -0.1) is 0 Å². The van der Waals surface area contributed by atoms with Gasteiger partial charge < -0.3 is 0 Å². The van der Waals surface area contributed by atoms with E-state index in [1.54, 1.807) is 7.05 Å². The third kappa shape index (κ3) is 4.03. The molecule has 1 rings (SSSR count). The van der Waals surface area contributed by atoms with E-state index in [0.29, 0.717) is 0 Å². The highest BCUT2D eigenvalue weighted by molar-refractivity contribution is 7.87. The average molecular weight is 248 g/mol. The Balaban J connectivity index is 2.67. The van der Waals surface area contributed by atoms with Crippen LogP contribution >= 0.6 is 0 Å². The Morgan fingerprint density at radius 2 is 1.62 bits per heavy atom. The van der Waals surface area contributed by atoms with Crippen molar-refractivity contribution in [3.8, 4) is 0 Å². The van der Waals surface area contributed by atoms with Gasteiger partial charge in [0.05, 0.1) is 0 Å². The zero-order valence-electron chi connectivity index (χ0n) is 10.8. The second kappa shape index (κ2) is 5.02. The Morgan fingerprint density at radius 1 is 1.12 bits per heavy atom. The maximum absolute atomic E-state index is 12.1. The van der Waals surface area contributed by atoms with Crippen LogP contribution in [0.1, 0.15) is 52.9 Å². The van der Waals surface area contributed by atoms with E-state index in [9.17, 15) is 8.42 Å². The molecule has 0 bridgehead atoms. The minimum atomic E-state index is -3.33. The Hall–Kier alpha value is -0.130. The van der Waals surface area contributed by atoms with E-state index in [4.69, 9.17) is 0 Å². The lowest BCUT2D eigenvalue weighted by molar-refractivity contribution is 0.279. The van der Waals surface area contributed by atoms with Crippen LogP contribution in [-0.2, 0) is 10.2 Å². The Labute approximate surface area is 99.6 Å². The molecule has 0 aliphatic heterocycles. The van der Waals surface area contributed by atoms with Crippen molar-refractivity contribution in [3.05, 3.63) is 0 Å². The van der Waals surface area contributed by atoms with Crippen molar-refractivity contribution in [3.63, 3.8) is 0 Å². The molecule has 0 radical (unpaired) electrons. The molecule has 0 unspecified atom stereocenters. The van der Waals surface area contributed by atoms with E-state index in [1.807, 2.05) is 20.8 Å². The predicted octanol–water partition coefficient (Wildman–Crippen LogP) is 1.88. The summed E-state index contributed by atoms with van der Waals surface area (Å²) in [5.74, 6) is 0. The monoisotopic (exact) mass is 248 g/mol. The number of nitrogens with zero attached hydrogens (tertiary/aromatic N) is 1. The summed E-state index contributed by atoms with van der Waals surface area (Å²) in [7, 11) is -1.65. The molecule has 0 aromatic heterocycles. The number of hydrogen-bond donors (Lipinski definition) is 1. The van der Waals surface area contributed by atoms with Gasteiger partial charge in [0.25, 0.3) is 10.2 Å². The van der Waals surface area contributed by atoms with Gasteiger partial charge in [-0.1, -0.05) is 19.3 Å². The van der Waals surface area contributed by atoms with Crippen LogP contribution < -0.4 is 4.72 Å². The average Bonchev–Trinajstić information content (AvgIpc) is 2.14. The smallest absolute Gasteiger partial charge is 0.197 e. The minimum absolute atomic E-state index is 0.175. The molecule has 0 heterocycles. The lowest BCUT2D eigenvalue weighted by atomic mass is 9.96. The van der Waals surface area contributed by atoms with Crippen LogP contribution in [0.5, 0.6) is 0 Å². The Kier molecular flexibility index (Phi) is 4.37. The summed E-state index contributed by atoms with van der Waals surface area (Å²) >= 11 is 0. The van der Waals surface area contributed by atoms with Crippen molar-refractivity contribution < 1.29 is 8.42 Å². The molecule has 16 heavy (non-hydrogen) atoms. The molecule has 5 heteroatoms. The van der Waals surface area contributed by atoms with E-state index in [0.717, 1.165) is 25.7 Å². The molecule has 0 aromatic rings. The summed E-state index contributed by atoms with van der Waals surface area (Å²) in [5.41, 5.74) is -0.415. The largest absolute Gasteiger partial charge is 0.279 e. The van der Waals surface area contributed by atoms with Crippen molar-refractivity contribution in [1.82, 2.24) is 9.03 Å². The molecule has 1 fully saturated rings. The quantitative estimate of drug-likeness (QED) is 0.829. The lowest BCUT2D eigenvalue weighted by Gasteiger charge is -2.32. The van der Waals surface area contributed by atoms with Gasteiger partial charge in [0.1, 0.15) is 0 Å². The molecular weight excluding hydrogens is 224 g/mol. The molecular formula is C11H24N2O2S. The zero-order valence-corrected chi connectivity index (χ0v) is 11.6. The van der Waals surface area contributed by atoms with Gasteiger partial charge >= 0.3 is 0 Å². The van der Waals surface area contributed by atoms with Crippen LogP contribution in [0.3, 0.4) is 0 Å². The summed E-state index contributed by atoms with van der Waals surface area (Å²) in [6, 6.07) is 0.175. The number of hydrogen-bond acceptors (Lipinski definition) is 2. The van der Waals surface area contributed by atoms with Crippen LogP contribution in [-0.4, -0.2) is 31.4 Å². The normalized spacial score (nSPS) is 20.3. The van der Waals surface area contributed by atoms with Crippen LogP contribution in [0.25, 0.3) is 0 Å². The Bertz CT molecular complexity index is 313. The van der Waals surface area contributed by atoms with Gasteiger partial charge in [0.2, 0.25) is 0 Å². The molecule has 96 valence electrons. The first-order valence-corrected chi connectivity index (χ1v) is 7.43. The molecule has 4 nitrogen and oxygen atoms in total. The standard InChI is InChI=1S/C11H24N2O2S/c1-11(2,3)12-16(14,15)13(4)10-8-6-5-7-9-10/h10,12H,5-9H2,1-4H3. The van der Waals surface area contributed by atoms with E-state index in [-0.39, 0.29) is 6.04 Å². The highest BCUT2D eigenvalue weighted by atomic mass is 32.2. The van der Waals surface area contributed by atoms with Gasteiger partial charge in [-0.25, -0.2) is 0 Å². The number of rotatable bonds is 3. The van der Waals surface area contributed by atoms with Crippen LogP contribution in [0, 0.1) is 0 Å². The molecule has 1 saturated carbocycles. The Morgan fingerprint density at radius 3 is 2.06 bits per heavy atom. The van der Waals surface area contributed by atoms with Crippen molar-refractivity contribution in [2.75, 3.05) is 7.05 Å². The topological polar surface area (TPSA) is 49.4 Å². The van der Waals surface area contributed by atoms with Crippen molar-refractivity contribution in [1.29, 1.82) is 0 Å². The highest BCUT2D eigenvalue weighted by Crippen LogP contribution is 2.23. The van der Waals surface area contributed by atoms with Gasteiger partial charge in [0.15, 0.2) is 0 Å². The zero-order chi connectivity index (χ0) is 12.4. The molecule has 1 aliphatic carbocycles. The van der Waals surface area contributed by atoms with E-state index >= 15 is 0 Å². The molecule has 1 N–H and O–H groups in total. The molecule has 0 spiro atoms. The summed E-state index contributed by atoms with van der Waals surface area (Å²) in [4.78, 5) is 0. The summed E-state index contributed by atoms with van der Waals surface area (Å²) in [6.07, 6.45) is 5.49. The third-order valence-corrected chi connectivity index (χ3v) is 4.83. The van der Waals surface area contributed by atoms with Gasteiger partial charge in [-0.2, -0.15) is 17.4 Å². The van der Waals surface area contributed by atoms with Gasteiger partial charge in [-0.3, -0.25) is 0 Å². The first-order valence-electron chi connectivity index (χ1n) is 5.99. The summed E-state index contributed by atoms with van der Waals surface area (Å²) < 4.78 is 28.3. The second-order valence-electron chi connectivity index (χ2n) is 5.67. The second-order valence-corrected chi connectivity index (χ2v) is 7.40. The van der Waals surface area contributed by atoms with E-state index in [1.165, 1.54) is 10.7 Å². The maximum atomic E-state index is 12.1. The van der Waals surface area contributed by atoms with Crippen LogP contribution in [0.4, 0.5) is 0 Å². The first kappa shape index (κ1) is 13.9. The van der Waals surface area contributed by atoms with E-state index < -0.39 is 15.7 Å². The summed E-state index contributed by atoms with van der Waals surface area (Å²) in [6.45, 7) is 5.58. The molecule has 0 saturated heterocycles. The molecule has 0 atom stereocenters. The fourth-order valence-corrected chi connectivity index (χ4v) is 3.62. The third-order valence-electron chi connectivity index (χ3n) is 2.90. The molecule has 0 aromatic carbocycles. The van der Waals surface area contributed by atoms with Crippen LogP contribution in [0.2, 0.25) is 0 Å². The number of nitrogens with one attached hydrogen (secondary N) is 1. The fraction of sp³-hybridized carbons (Fsp3) is 1.00. The molecule has 1 aliphatic rings. The minimum Gasteiger partial charge on any atom is -0.197 e. The predicted molar refractivity (Wildman–Crippen MR) is 66.4 cm³/mol.